The molecule has 0 aliphatic carbocycles. The highest BCUT2D eigenvalue weighted by atomic mass is 32.1. The van der Waals surface area contributed by atoms with Crippen molar-refractivity contribution in [3.05, 3.63) is 21.4 Å². The Labute approximate surface area is 81.1 Å². The summed E-state index contributed by atoms with van der Waals surface area (Å²) in [5.41, 5.74) is 6.61. The summed E-state index contributed by atoms with van der Waals surface area (Å²) in [5.74, 6) is 0. The Morgan fingerprint density at radius 3 is 3.23 bits per heavy atom. The van der Waals surface area contributed by atoms with E-state index < -0.39 is 6.10 Å². The minimum atomic E-state index is -0.504. The summed E-state index contributed by atoms with van der Waals surface area (Å²) in [6, 6.07) is 2.01. The van der Waals surface area contributed by atoms with Crippen LogP contribution in [-0.2, 0) is 17.8 Å². The molecule has 72 valence electrons. The van der Waals surface area contributed by atoms with Crippen molar-refractivity contribution in [2.75, 3.05) is 13.2 Å². The second-order valence-corrected chi connectivity index (χ2v) is 4.32. The smallest absolute Gasteiger partial charge is 0.100 e. The lowest BCUT2D eigenvalue weighted by Gasteiger charge is -2.10. The summed E-state index contributed by atoms with van der Waals surface area (Å²) in [7, 11) is 0. The van der Waals surface area contributed by atoms with Gasteiger partial charge in [0, 0.05) is 22.7 Å². The standard InChI is InChI=1S/C9H13NO2S/c10-4-7(11)9-3-6-5-12-2-1-8(6)13-9/h3,7,11H,1-2,4-5,10H2. The molecule has 0 saturated heterocycles. The number of nitrogens with two attached hydrogens (primary N) is 1. The zero-order valence-electron chi connectivity index (χ0n) is 7.32. The van der Waals surface area contributed by atoms with Crippen molar-refractivity contribution in [2.45, 2.75) is 19.1 Å². The zero-order chi connectivity index (χ0) is 9.26. The molecule has 1 aromatic heterocycles. The number of ether oxygens (including phenoxy) is 1. The van der Waals surface area contributed by atoms with Crippen LogP contribution in [0.25, 0.3) is 0 Å². The summed E-state index contributed by atoms with van der Waals surface area (Å²) in [6.07, 6.45) is 0.465. The Kier molecular flexibility index (Phi) is 2.64. The van der Waals surface area contributed by atoms with Crippen LogP contribution >= 0.6 is 11.3 Å². The number of aliphatic hydroxyl groups excluding tert-OH is 1. The largest absolute Gasteiger partial charge is 0.386 e. The van der Waals surface area contributed by atoms with Crippen LogP contribution in [-0.4, -0.2) is 18.3 Å². The van der Waals surface area contributed by atoms with E-state index in [1.54, 1.807) is 11.3 Å². The first kappa shape index (κ1) is 9.15. The Morgan fingerprint density at radius 2 is 2.54 bits per heavy atom. The molecule has 0 radical (unpaired) electrons. The van der Waals surface area contributed by atoms with Crippen LogP contribution in [0, 0.1) is 0 Å². The van der Waals surface area contributed by atoms with Crippen LogP contribution in [0.2, 0.25) is 0 Å². The van der Waals surface area contributed by atoms with Gasteiger partial charge < -0.3 is 15.6 Å². The van der Waals surface area contributed by atoms with Gasteiger partial charge in [0.1, 0.15) is 6.10 Å². The second kappa shape index (κ2) is 3.75. The number of hydrogen-bond donors (Lipinski definition) is 2. The highest BCUT2D eigenvalue weighted by Crippen LogP contribution is 2.30. The van der Waals surface area contributed by atoms with E-state index >= 15 is 0 Å². The first-order valence-corrected chi connectivity index (χ1v) is 5.20. The molecular formula is C9H13NO2S. The number of fused-ring (bicyclic) bond motifs is 1. The van der Waals surface area contributed by atoms with Crippen molar-refractivity contribution < 1.29 is 9.84 Å². The summed E-state index contributed by atoms with van der Waals surface area (Å²) in [4.78, 5) is 2.31. The second-order valence-electron chi connectivity index (χ2n) is 3.15. The van der Waals surface area contributed by atoms with Gasteiger partial charge in [-0.15, -0.1) is 11.3 Å². The maximum absolute atomic E-state index is 9.52. The van der Waals surface area contributed by atoms with Crippen molar-refractivity contribution in [3.8, 4) is 0 Å². The van der Waals surface area contributed by atoms with Crippen molar-refractivity contribution in [1.82, 2.24) is 0 Å². The predicted octanol–water partition coefficient (Wildman–Crippen LogP) is 0.813. The van der Waals surface area contributed by atoms with E-state index in [9.17, 15) is 5.11 Å². The molecular weight excluding hydrogens is 186 g/mol. The van der Waals surface area contributed by atoms with Crippen molar-refractivity contribution >= 4 is 11.3 Å². The maximum atomic E-state index is 9.52. The van der Waals surface area contributed by atoms with E-state index in [1.165, 1.54) is 10.4 Å². The van der Waals surface area contributed by atoms with E-state index in [1.807, 2.05) is 6.07 Å². The van der Waals surface area contributed by atoms with Gasteiger partial charge in [-0.05, 0) is 11.6 Å². The minimum absolute atomic E-state index is 0.292. The van der Waals surface area contributed by atoms with Gasteiger partial charge in [-0.3, -0.25) is 0 Å². The molecule has 0 bridgehead atoms. The molecule has 2 rings (SSSR count). The van der Waals surface area contributed by atoms with E-state index in [-0.39, 0.29) is 0 Å². The van der Waals surface area contributed by atoms with Crippen LogP contribution in [0.3, 0.4) is 0 Å². The van der Waals surface area contributed by atoms with Gasteiger partial charge in [0.15, 0.2) is 0 Å². The highest BCUT2D eigenvalue weighted by molar-refractivity contribution is 7.12. The van der Waals surface area contributed by atoms with Crippen LogP contribution in [0.15, 0.2) is 6.07 Å². The SMILES string of the molecule is NCC(O)c1cc2c(s1)CCOC2. The zero-order valence-corrected chi connectivity index (χ0v) is 8.14. The Morgan fingerprint density at radius 1 is 1.69 bits per heavy atom. The van der Waals surface area contributed by atoms with Gasteiger partial charge in [-0.2, -0.15) is 0 Å². The van der Waals surface area contributed by atoms with E-state index in [4.69, 9.17) is 10.5 Å². The fraction of sp³-hybridized carbons (Fsp3) is 0.556. The molecule has 0 spiro atoms. The van der Waals surface area contributed by atoms with Gasteiger partial charge in [0.2, 0.25) is 0 Å². The van der Waals surface area contributed by atoms with E-state index in [2.05, 4.69) is 0 Å². The van der Waals surface area contributed by atoms with Crippen molar-refractivity contribution in [1.29, 1.82) is 0 Å². The molecule has 3 nitrogen and oxygen atoms in total. The van der Waals surface area contributed by atoms with Crippen molar-refractivity contribution in [2.24, 2.45) is 5.73 Å². The van der Waals surface area contributed by atoms with E-state index in [0.717, 1.165) is 17.9 Å². The maximum Gasteiger partial charge on any atom is 0.100 e. The fourth-order valence-corrected chi connectivity index (χ4v) is 2.60. The highest BCUT2D eigenvalue weighted by Gasteiger charge is 2.16. The van der Waals surface area contributed by atoms with E-state index in [0.29, 0.717) is 13.2 Å². The summed E-state index contributed by atoms with van der Waals surface area (Å²) < 4.78 is 5.32. The molecule has 1 aromatic rings. The molecule has 1 unspecified atom stereocenters. The quantitative estimate of drug-likeness (QED) is 0.741. The third-order valence-corrected chi connectivity index (χ3v) is 3.54. The van der Waals surface area contributed by atoms with Crippen LogP contribution in [0.4, 0.5) is 0 Å². The van der Waals surface area contributed by atoms with Gasteiger partial charge in [0.25, 0.3) is 0 Å². The van der Waals surface area contributed by atoms with Crippen molar-refractivity contribution in [3.63, 3.8) is 0 Å². The first-order chi connectivity index (χ1) is 6.31. The van der Waals surface area contributed by atoms with Gasteiger partial charge >= 0.3 is 0 Å². The number of rotatable bonds is 2. The number of hydrogen-bond acceptors (Lipinski definition) is 4. The molecule has 3 N–H and O–H groups in total. The van der Waals surface area contributed by atoms with Gasteiger partial charge in [-0.25, -0.2) is 0 Å². The Hall–Kier alpha value is -0.420. The molecule has 4 heteroatoms. The third kappa shape index (κ3) is 1.76. The fourth-order valence-electron chi connectivity index (χ4n) is 1.45. The summed E-state index contributed by atoms with van der Waals surface area (Å²) in [5, 5.41) is 9.52. The van der Waals surface area contributed by atoms with Gasteiger partial charge in [-0.1, -0.05) is 0 Å². The molecule has 0 fully saturated rings. The van der Waals surface area contributed by atoms with Crippen LogP contribution in [0.5, 0.6) is 0 Å². The monoisotopic (exact) mass is 199 g/mol. The Bertz CT molecular complexity index is 274. The normalized spacial score (nSPS) is 18.3. The molecule has 2 heterocycles. The minimum Gasteiger partial charge on any atom is -0.386 e. The molecule has 0 amide bonds. The first-order valence-electron chi connectivity index (χ1n) is 4.38. The summed E-state index contributed by atoms with van der Waals surface area (Å²) >= 11 is 1.66. The molecule has 1 atom stereocenters. The topological polar surface area (TPSA) is 55.5 Å². The third-order valence-electron chi connectivity index (χ3n) is 2.20. The molecule has 0 saturated carbocycles. The number of aliphatic hydroxyl groups is 1. The summed E-state index contributed by atoms with van der Waals surface area (Å²) in [6.45, 7) is 1.77. The molecule has 0 aromatic carbocycles. The lowest BCUT2D eigenvalue weighted by molar-refractivity contribution is 0.112. The van der Waals surface area contributed by atoms with Gasteiger partial charge in [0.05, 0.1) is 13.2 Å². The number of thiophene rings is 1. The molecule has 1 aliphatic heterocycles. The molecule has 13 heavy (non-hydrogen) atoms. The average Bonchev–Trinajstić information content (AvgIpc) is 2.59. The lowest BCUT2D eigenvalue weighted by Crippen LogP contribution is -2.09. The molecule has 1 aliphatic rings. The lowest BCUT2D eigenvalue weighted by atomic mass is 10.1. The van der Waals surface area contributed by atoms with Crippen LogP contribution in [0.1, 0.15) is 21.4 Å². The van der Waals surface area contributed by atoms with Crippen LogP contribution < -0.4 is 5.73 Å². The average molecular weight is 199 g/mol. The Balaban J connectivity index is 2.25. The predicted molar refractivity (Wildman–Crippen MR) is 51.7 cm³/mol.